The minimum atomic E-state index is 0.813. The van der Waals surface area contributed by atoms with Crippen molar-refractivity contribution in [1.82, 2.24) is 0 Å². The number of ether oxygens (including phenoxy) is 2. The molecule has 0 heterocycles. The fourth-order valence-electron chi connectivity index (χ4n) is 2.93. The van der Waals surface area contributed by atoms with Gasteiger partial charge in [0.05, 0.1) is 14.2 Å². The molecular formula is C26H26O2. The first-order valence-electron chi connectivity index (χ1n) is 9.34. The van der Waals surface area contributed by atoms with Crippen LogP contribution in [0.15, 0.2) is 60.7 Å². The molecule has 0 aromatic heterocycles. The van der Waals surface area contributed by atoms with Crippen molar-refractivity contribution in [2.75, 3.05) is 14.2 Å². The SMILES string of the molecule is COc1cc(C=Cc2ccc(C)cc2)c(OC)cc1C=Cc1ccc(C)cc1. The Morgan fingerprint density at radius 3 is 1.21 bits per heavy atom. The Bertz CT molecular complexity index is 895. The zero-order valence-electron chi connectivity index (χ0n) is 16.9. The van der Waals surface area contributed by atoms with E-state index in [9.17, 15) is 0 Å². The zero-order chi connectivity index (χ0) is 19.9. The summed E-state index contributed by atoms with van der Waals surface area (Å²) in [5, 5.41) is 0. The largest absolute Gasteiger partial charge is 0.496 e. The van der Waals surface area contributed by atoms with E-state index in [0.29, 0.717) is 0 Å². The van der Waals surface area contributed by atoms with Gasteiger partial charge < -0.3 is 9.47 Å². The number of benzene rings is 3. The maximum absolute atomic E-state index is 5.62. The Kier molecular flexibility index (Phi) is 6.33. The van der Waals surface area contributed by atoms with Crippen LogP contribution in [0.1, 0.15) is 33.4 Å². The third-order valence-electron chi connectivity index (χ3n) is 4.65. The van der Waals surface area contributed by atoms with Crippen molar-refractivity contribution in [2.24, 2.45) is 0 Å². The Labute approximate surface area is 167 Å². The highest BCUT2D eigenvalue weighted by atomic mass is 16.5. The molecule has 0 spiro atoms. The lowest BCUT2D eigenvalue weighted by atomic mass is 10.0. The van der Waals surface area contributed by atoms with E-state index >= 15 is 0 Å². The van der Waals surface area contributed by atoms with Gasteiger partial charge in [0.15, 0.2) is 0 Å². The summed E-state index contributed by atoms with van der Waals surface area (Å²) < 4.78 is 11.2. The first-order chi connectivity index (χ1) is 13.6. The second-order valence-corrected chi connectivity index (χ2v) is 6.82. The van der Waals surface area contributed by atoms with Gasteiger partial charge >= 0.3 is 0 Å². The lowest BCUT2D eigenvalue weighted by Crippen LogP contribution is -1.93. The molecule has 0 aliphatic carbocycles. The van der Waals surface area contributed by atoms with Crippen molar-refractivity contribution in [3.05, 3.63) is 94.0 Å². The van der Waals surface area contributed by atoms with Gasteiger partial charge in [-0.3, -0.25) is 0 Å². The Balaban J connectivity index is 1.90. The highest BCUT2D eigenvalue weighted by Gasteiger charge is 2.08. The molecule has 0 amide bonds. The average molecular weight is 370 g/mol. The van der Waals surface area contributed by atoms with Crippen LogP contribution in [-0.4, -0.2) is 14.2 Å². The first-order valence-corrected chi connectivity index (χ1v) is 9.34. The summed E-state index contributed by atoms with van der Waals surface area (Å²) in [5.41, 5.74) is 6.76. The van der Waals surface area contributed by atoms with Crippen molar-refractivity contribution in [3.8, 4) is 11.5 Å². The lowest BCUT2D eigenvalue weighted by Gasteiger charge is -2.11. The van der Waals surface area contributed by atoms with Gasteiger partial charge in [-0.25, -0.2) is 0 Å². The molecular weight excluding hydrogens is 344 g/mol. The van der Waals surface area contributed by atoms with Gasteiger partial charge in [0, 0.05) is 11.1 Å². The standard InChI is InChI=1S/C26H26O2/c1-19-5-9-21(10-6-19)13-15-23-17-26(28-4)24(18-25(23)27-3)16-14-22-11-7-20(2)8-12-22/h5-18H,1-4H3. The van der Waals surface area contributed by atoms with Crippen LogP contribution in [0.2, 0.25) is 0 Å². The fourth-order valence-corrected chi connectivity index (χ4v) is 2.93. The topological polar surface area (TPSA) is 18.5 Å². The summed E-state index contributed by atoms with van der Waals surface area (Å²) in [5.74, 6) is 1.63. The summed E-state index contributed by atoms with van der Waals surface area (Å²) in [6.45, 7) is 4.18. The van der Waals surface area contributed by atoms with E-state index in [0.717, 1.165) is 33.8 Å². The van der Waals surface area contributed by atoms with Crippen molar-refractivity contribution in [3.63, 3.8) is 0 Å². The van der Waals surface area contributed by atoms with Crippen LogP contribution in [0.4, 0.5) is 0 Å². The van der Waals surface area contributed by atoms with Gasteiger partial charge in [-0.15, -0.1) is 0 Å². The van der Waals surface area contributed by atoms with Gasteiger partial charge in [-0.2, -0.15) is 0 Å². The maximum atomic E-state index is 5.62. The Hall–Kier alpha value is -3.26. The summed E-state index contributed by atoms with van der Waals surface area (Å²) in [4.78, 5) is 0. The highest BCUT2D eigenvalue weighted by Crippen LogP contribution is 2.31. The molecule has 0 saturated carbocycles. The predicted molar refractivity (Wildman–Crippen MR) is 120 cm³/mol. The first kappa shape index (κ1) is 19.5. The molecule has 2 heteroatoms. The van der Waals surface area contributed by atoms with Crippen LogP contribution in [-0.2, 0) is 0 Å². The smallest absolute Gasteiger partial charge is 0.126 e. The number of hydrogen-bond acceptors (Lipinski definition) is 2. The van der Waals surface area contributed by atoms with Gasteiger partial charge in [-0.05, 0) is 37.1 Å². The third kappa shape index (κ3) is 4.92. The van der Waals surface area contributed by atoms with Crippen molar-refractivity contribution in [1.29, 1.82) is 0 Å². The molecule has 142 valence electrons. The molecule has 28 heavy (non-hydrogen) atoms. The number of methoxy groups -OCH3 is 2. The van der Waals surface area contributed by atoms with E-state index in [2.05, 4.69) is 86.7 Å². The molecule has 0 saturated heterocycles. The van der Waals surface area contributed by atoms with Crippen LogP contribution in [0.3, 0.4) is 0 Å². The zero-order valence-corrected chi connectivity index (χ0v) is 16.9. The van der Waals surface area contributed by atoms with Crippen molar-refractivity contribution < 1.29 is 9.47 Å². The quantitative estimate of drug-likeness (QED) is 0.452. The van der Waals surface area contributed by atoms with Crippen LogP contribution in [0.5, 0.6) is 11.5 Å². The summed E-state index contributed by atoms with van der Waals surface area (Å²) >= 11 is 0. The minimum absolute atomic E-state index is 0.813. The van der Waals surface area contributed by atoms with Gasteiger partial charge in [0.2, 0.25) is 0 Å². The van der Waals surface area contributed by atoms with Gasteiger partial charge in [-0.1, -0.05) is 84.0 Å². The monoisotopic (exact) mass is 370 g/mol. The van der Waals surface area contributed by atoms with Gasteiger partial charge in [0.1, 0.15) is 11.5 Å². The molecule has 3 aromatic carbocycles. The Morgan fingerprint density at radius 2 is 0.893 bits per heavy atom. The fraction of sp³-hybridized carbons (Fsp3) is 0.154. The molecule has 0 radical (unpaired) electrons. The molecule has 0 aliphatic rings. The lowest BCUT2D eigenvalue weighted by molar-refractivity contribution is 0.401. The second-order valence-electron chi connectivity index (χ2n) is 6.82. The highest BCUT2D eigenvalue weighted by molar-refractivity contribution is 5.78. The second kappa shape index (κ2) is 9.09. The molecule has 3 aromatic rings. The van der Waals surface area contributed by atoms with E-state index in [1.807, 2.05) is 12.1 Å². The van der Waals surface area contributed by atoms with E-state index in [1.54, 1.807) is 14.2 Å². The molecule has 0 unspecified atom stereocenters. The van der Waals surface area contributed by atoms with Crippen LogP contribution < -0.4 is 9.47 Å². The van der Waals surface area contributed by atoms with E-state index < -0.39 is 0 Å². The van der Waals surface area contributed by atoms with Crippen LogP contribution in [0.25, 0.3) is 24.3 Å². The average Bonchev–Trinajstić information content (AvgIpc) is 2.72. The minimum Gasteiger partial charge on any atom is -0.496 e. The van der Waals surface area contributed by atoms with E-state index in [-0.39, 0.29) is 0 Å². The third-order valence-corrected chi connectivity index (χ3v) is 4.65. The predicted octanol–water partition coefficient (Wildman–Crippen LogP) is 6.66. The molecule has 3 rings (SSSR count). The molecule has 0 N–H and O–H groups in total. The van der Waals surface area contributed by atoms with E-state index in [4.69, 9.17) is 9.47 Å². The Morgan fingerprint density at radius 1 is 0.536 bits per heavy atom. The van der Waals surface area contributed by atoms with Crippen LogP contribution in [0, 0.1) is 13.8 Å². The van der Waals surface area contributed by atoms with Crippen molar-refractivity contribution in [2.45, 2.75) is 13.8 Å². The molecule has 0 atom stereocenters. The summed E-state index contributed by atoms with van der Waals surface area (Å²) in [7, 11) is 3.39. The summed E-state index contributed by atoms with van der Waals surface area (Å²) in [6, 6.07) is 20.9. The van der Waals surface area contributed by atoms with Gasteiger partial charge in [0.25, 0.3) is 0 Å². The number of hydrogen-bond donors (Lipinski definition) is 0. The molecule has 0 aliphatic heterocycles. The number of aryl methyl sites for hydroxylation is 2. The van der Waals surface area contributed by atoms with E-state index in [1.165, 1.54) is 11.1 Å². The maximum Gasteiger partial charge on any atom is 0.126 e. The molecule has 0 fully saturated rings. The molecule has 2 nitrogen and oxygen atoms in total. The summed E-state index contributed by atoms with van der Waals surface area (Å²) in [6.07, 6.45) is 8.27. The van der Waals surface area contributed by atoms with Crippen LogP contribution >= 0.6 is 0 Å². The molecule has 0 bridgehead atoms. The number of rotatable bonds is 6. The van der Waals surface area contributed by atoms with Crippen molar-refractivity contribution >= 4 is 24.3 Å². The normalized spacial score (nSPS) is 11.3.